The zero-order chi connectivity index (χ0) is 12.5. The molecule has 0 aliphatic heterocycles. The predicted octanol–water partition coefficient (Wildman–Crippen LogP) is 3.71. The van der Waals surface area contributed by atoms with Crippen LogP contribution in [0, 0.1) is 0 Å². The van der Waals surface area contributed by atoms with E-state index in [1.165, 1.54) is 0 Å². The summed E-state index contributed by atoms with van der Waals surface area (Å²) in [6, 6.07) is 12.3. The summed E-state index contributed by atoms with van der Waals surface area (Å²) in [5.74, 6) is 0.00403. The van der Waals surface area contributed by atoms with Gasteiger partial charge in [0.1, 0.15) is 0 Å². The Labute approximate surface area is 108 Å². The number of hydrogen-bond donors (Lipinski definition) is 0. The van der Waals surface area contributed by atoms with Gasteiger partial charge in [0.2, 0.25) is 5.78 Å². The molecule has 1 aromatic carbocycles. The third kappa shape index (κ3) is 1.79. The highest BCUT2D eigenvalue weighted by Crippen LogP contribution is 2.21. The maximum absolute atomic E-state index is 12.3. The normalized spacial score (nSPS) is 10.7. The van der Waals surface area contributed by atoms with Crippen LogP contribution in [-0.2, 0) is 0 Å². The van der Waals surface area contributed by atoms with E-state index in [9.17, 15) is 4.79 Å². The van der Waals surface area contributed by atoms with Crippen molar-refractivity contribution >= 4 is 28.3 Å². The van der Waals surface area contributed by atoms with Crippen LogP contribution in [0.1, 0.15) is 16.1 Å². The maximum Gasteiger partial charge on any atom is 0.230 e. The zero-order valence-electron chi connectivity index (χ0n) is 9.26. The molecule has 0 N–H and O–H groups in total. The van der Waals surface area contributed by atoms with Crippen LogP contribution in [0.3, 0.4) is 0 Å². The van der Waals surface area contributed by atoms with Gasteiger partial charge in [-0.2, -0.15) is 0 Å². The molecule has 18 heavy (non-hydrogen) atoms. The number of carbonyl (C=O) groups excluding carboxylic acids is 1. The van der Waals surface area contributed by atoms with Crippen LogP contribution < -0.4 is 0 Å². The fourth-order valence-corrected chi connectivity index (χ4v) is 2.00. The number of ketones is 1. The molecule has 0 aliphatic carbocycles. The lowest BCUT2D eigenvalue weighted by atomic mass is 10.0. The standard InChI is InChI=1S/C14H8ClNO2/c15-12-7-6-11(18-12)14(17)10-5-1-3-9-4-2-8-16-13(9)10/h1-8H. The van der Waals surface area contributed by atoms with Gasteiger partial charge in [-0.05, 0) is 35.9 Å². The van der Waals surface area contributed by atoms with Gasteiger partial charge >= 0.3 is 0 Å². The van der Waals surface area contributed by atoms with Crippen LogP contribution in [0.15, 0.2) is 53.1 Å². The van der Waals surface area contributed by atoms with Crippen LogP contribution in [-0.4, -0.2) is 10.8 Å². The Bertz CT molecular complexity index is 728. The average Bonchev–Trinajstić information content (AvgIpc) is 2.84. The molecule has 2 heterocycles. The number of halogens is 1. The van der Waals surface area contributed by atoms with E-state index >= 15 is 0 Å². The first-order chi connectivity index (χ1) is 8.75. The first-order valence-corrected chi connectivity index (χ1v) is 5.77. The van der Waals surface area contributed by atoms with Crippen molar-refractivity contribution in [2.75, 3.05) is 0 Å². The Morgan fingerprint density at radius 2 is 1.94 bits per heavy atom. The lowest BCUT2D eigenvalue weighted by Crippen LogP contribution is -2.01. The van der Waals surface area contributed by atoms with E-state index in [2.05, 4.69) is 4.98 Å². The first kappa shape index (κ1) is 11.0. The highest BCUT2D eigenvalue weighted by Gasteiger charge is 2.16. The van der Waals surface area contributed by atoms with Gasteiger partial charge in [-0.1, -0.05) is 18.2 Å². The molecule has 0 unspecified atom stereocenters. The Balaban J connectivity index is 2.17. The molecule has 2 aromatic heterocycles. The largest absolute Gasteiger partial charge is 0.441 e. The lowest BCUT2D eigenvalue weighted by Gasteiger charge is -2.02. The molecule has 0 fully saturated rings. The van der Waals surface area contributed by atoms with E-state index in [0.717, 1.165) is 5.39 Å². The molecule has 0 amide bonds. The SMILES string of the molecule is O=C(c1ccc(Cl)o1)c1cccc2cccnc12. The van der Waals surface area contributed by atoms with Crippen molar-refractivity contribution in [3.63, 3.8) is 0 Å². The minimum atomic E-state index is -0.216. The molecule has 4 heteroatoms. The van der Waals surface area contributed by atoms with Crippen LogP contribution in [0.25, 0.3) is 10.9 Å². The molecule has 3 rings (SSSR count). The topological polar surface area (TPSA) is 43.1 Å². The van der Waals surface area contributed by atoms with Crippen LogP contribution in [0.2, 0.25) is 5.22 Å². The highest BCUT2D eigenvalue weighted by atomic mass is 35.5. The number of carbonyl (C=O) groups is 1. The van der Waals surface area contributed by atoms with E-state index in [1.807, 2.05) is 24.3 Å². The first-order valence-electron chi connectivity index (χ1n) is 5.39. The van der Waals surface area contributed by atoms with Gasteiger partial charge in [0.25, 0.3) is 0 Å². The summed E-state index contributed by atoms with van der Waals surface area (Å²) < 4.78 is 5.14. The molecular formula is C14H8ClNO2. The summed E-state index contributed by atoms with van der Waals surface area (Å²) in [5.41, 5.74) is 1.18. The number of rotatable bonds is 2. The van der Waals surface area contributed by atoms with E-state index in [0.29, 0.717) is 11.1 Å². The van der Waals surface area contributed by atoms with Crippen LogP contribution >= 0.6 is 11.6 Å². The minimum absolute atomic E-state index is 0.201. The van der Waals surface area contributed by atoms with Crippen molar-refractivity contribution in [1.82, 2.24) is 4.98 Å². The Morgan fingerprint density at radius 1 is 1.11 bits per heavy atom. The molecule has 0 saturated heterocycles. The second-order valence-electron chi connectivity index (χ2n) is 3.81. The van der Waals surface area contributed by atoms with E-state index in [4.69, 9.17) is 16.0 Å². The molecule has 0 radical (unpaired) electrons. The van der Waals surface area contributed by atoms with Crippen molar-refractivity contribution in [1.29, 1.82) is 0 Å². The van der Waals surface area contributed by atoms with Gasteiger partial charge in [-0.3, -0.25) is 9.78 Å². The van der Waals surface area contributed by atoms with E-state index in [-0.39, 0.29) is 16.8 Å². The van der Waals surface area contributed by atoms with Gasteiger partial charge in [-0.15, -0.1) is 0 Å². The Morgan fingerprint density at radius 3 is 2.72 bits per heavy atom. The van der Waals surface area contributed by atoms with E-state index < -0.39 is 0 Å². The quantitative estimate of drug-likeness (QED) is 0.657. The molecule has 0 bridgehead atoms. The number of fused-ring (bicyclic) bond motifs is 1. The fraction of sp³-hybridized carbons (Fsp3) is 0. The Kier molecular flexibility index (Phi) is 2.61. The third-order valence-electron chi connectivity index (χ3n) is 2.67. The fourth-order valence-electron chi connectivity index (χ4n) is 1.86. The summed E-state index contributed by atoms with van der Waals surface area (Å²) >= 11 is 5.68. The summed E-state index contributed by atoms with van der Waals surface area (Å²) in [6.07, 6.45) is 1.66. The highest BCUT2D eigenvalue weighted by molar-refractivity contribution is 6.29. The van der Waals surface area contributed by atoms with Crippen molar-refractivity contribution < 1.29 is 9.21 Å². The number of benzene rings is 1. The van der Waals surface area contributed by atoms with Gasteiger partial charge in [0, 0.05) is 11.6 Å². The number of pyridine rings is 1. The average molecular weight is 258 g/mol. The number of aromatic nitrogens is 1. The van der Waals surface area contributed by atoms with Gasteiger partial charge in [-0.25, -0.2) is 0 Å². The van der Waals surface area contributed by atoms with Crippen molar-refractivity contribution in [3.05, 3.63) is 65.2 Å². The molecule has 3 aromatic rings. The summed E-state index contributed by atoms with van der Waals surface area (Å²) in [7, 11) is 0. The smallest absolute Gasteiger partial charge is 0.230 e. The molecule has 0 spiro atoms. The van der Waals surface area contributed by atoms with Gasteiger partial charge in [0.15, 0.2) is 11.0 Å². The zero-order valence-corrected chi connectivity index (χ0v) is 10.0. The lowest BCUT2D eigenvalue weighted by molar-refractivity contribution is 0.101. The van der Waals surface area contributed by atoms with Crippen LogP contribution in [0.4, 0.5) is 0 Å². The summed E-state index contributed by atoms with van der Waals surface area (Å²) in [5, 5.41) is 1.12. The van der Waals surface area contributed by atoms with Crippen molar-refractivity contribution in [3.8, 4) is 0 Å². The number of furan rings is 1. The molecule has 0 saturated carbocycles. The molecule has 88 valence electrons. The molecular weight excluding hydrogens is 250 g/mol. The predicted molar refractivity (Wildman–Crippen MR) is 68.9 cm³/mol. The number of para-hydroxylation sites is 1. The number of nitrogens with zero attached hydrogens (tertiary/aromatic N) is 1. The molecule has 0 aliphatic rings. The monoisotopic (exact) mass is 257 g/mol. The summed E-state index contributed by atoms with van der Waals surface area (Å²) in [6.45, 7) is 0. The second-order valence-corrected chi connectivity index (χ2v) is 4.19. The third-order valence-corrected chi connectivity index (χ3v) is 2.88. The van der Waals surface area contributed by atoms with Crippen molar-refractivity contribution in [2.45, 2.75) is 0 Å². The van der Waals surface area contributed by atoms with E-state index in [1.54, 1.807) is 24.4 Å². The second kappa shape index (κ2) is 4.27. The maximum atomic E-state index is 12.3. The van der Waals surface area contributed by atoms with Crippen LogP contribution in [0.5, 0.6) is 0 Å². The Hall–Kier alpha value is -2.13. The number of hydrogen-bond acceptors (Lipinski definition) is 3. The molecule has 3 nitrogen and oxygen atoms in total. The molecule has 0 atom stereocenters. The van der Waals surface area contributed by atoms with Gasteiger partial charge in [0.05, 0.1) is 11.1 Å². The minimum Gasteiger partial charge on any atom is -0.441 e. The summed E-state index contributed by atoms with van der Waals surface area (Å²) in [4.78, 5) is 16.5. The van der Waals surface area contributed by atoms with Crippen molar-refractivity contribution in [2.24, 2.45) is 0 Å². The van der Waals surface area contributed by atoms with Gasteiger partial charge < -0.3 is 4.42 Å².